The summed E-state index contributed by atoms with van der Waals surface area (Å²) in [4.78, 5) is 15.8. The maximum atomic E-state index is 11.8. The molecule has 0 fully saturated rings. The summed E-state index contributed by atoms with van der Waals surface area (Å²) in [6.45, 7) is 4.95. The van der Waals surface area contributed by atoms with E-state index in [4.69, 9.17) is 0 Å². The van der Waals surface area contributed by atoms with Crippen molar-refractivity contribution in [2.45, 2.75) is 20.3 Å². The van der Waals surface area contributed by atoms with Crippen molar-refractivity contribution < 1.29 is 4.79 Å². The van der Waals surface area contributed by atoms with Gasteiger partial charge in [0.1, 0.15) is 5.82 Å². The standard InChI is InChI=1S/C12H19N3O/c1-4-9(2)8-15-12(16)10-5-6-14-11(7-10)13-3/h5-7,9H,4,8H2,1-3H3,(H,13,14)(H,15,16). The zero-order chi connectivity index (χ0) is 12.0. The summed E-state index contributed by atoms with van der Waals surface area (Å²) in [5.41, 5.74) is 0.641. The Morgan fingerprint density at radius 2 is 2.31 bits per heavy atom. The highest BCUT2D eigenvalue weighted by Gasteiger charge is 2.07. The molecular formula is C12H19N3O. The third kappa shape index (κ3) is 3.53. The average Bonchev–Trinajstić information content (AvgIpc) is 2.35. The number of anilines is 1. The maximum absolute atomic E-state index is 11.8. The maximum Gasteiger partial charge on any atom is 0.251 e. The predicted octanol–water partition coefficient (Wildman–Crippen LogP) is 1.90. The molecule has 1 rings (SSSR count). The lowest BCUT2D eigenvalue weighted by Crippen LogP contribution is -2.28. The van der Waals surface area contributed by atoms with Gasteiger partial charge in [-0.1, -0.05) is 20.3 Å². The fraction of sp³-hybridized carbons (Fsp3) is 0.500. The molecule has 0 aromatic carbocycles. The van der Waals surface area contributed by atoms with Crippen LogP contribution in [0.15, 0.2) is 18.3 Å². The molecule has 0 aliphatic rings. The number of carbonyl (C=O) groups excluding carboxylic acids is 1. The first-order valence-electron chi connectivity index (χ1n) is 5.59. The molecule has 0 aliphatic carbocycles. The smallest absolute Gasteiger partial charge is 0.251 e. The Labute approximate surface area is 96.5 Å². The Morgan fingerprint density at radius 1 is 1.56 bits per heavy atom. The average molecular weight is 221 g/mol. The van der Waals surface area contributed by atoms with Gasteiger partial charge in [0.2, 0.25) is 0 Å². The normalized spacial score (nSPS) is 11.9. The molecule has 1 unspecified atom stereocenters. The first-order chi connectivity index (χ1) is 7.67. The summed E-state index contributed by atoms with van der Waals surface area (Å²) in [5, 5.41) is 5.81. The van der Waals surface area contributed by atoms with Gasteiger partial charge < -0.3 is 10.6 Å². The fourth-order valence-electron chi connectivity index (χ4n) is 1.22. The van der Waals surface area contributed by atoms with Crippen LogP contribution < -0.4 is 10.6 Å². The van der Waals surface area contributed by atoms with Gasteiger partial charge in [-0.3, -0.25) is 4.79 Å². The largest absolute Gasteiger partial charge is 0.373 e. The fourth-order valence-corrected chi connectivity index (χ4v) is 1.22. The number of nitrogens with zero attached hydrogens (tertiary/aromatic N) is 1. The molecule has 0 saturated carbocycles. The SMILES string of the molecule is CCC(C)CNC(=O)c1ccnc(NC)c1. The minimum absolute atomic E-state index is 0.0424. The molecule has 2 N–H and O–H groups in total. The number of hydrogen-bond acceptors (Lipinski definition) is 3. The predicted molar refractivity (Wildman–Crippen MR) is 65.6 cm³/mol. The van der Waals surface area contributed by atoms with E-state index in [-0.39, 0.29) is 5.91 Å². The van der Waals surface area contributed by atoms with Crippen molar-refractivity contribution in [1.29, 1.82) is 0 Å². The van der Waals surface area contributed by atoms with Gasteiger partial charge in [-0.25, -0.2) is 4.98 Å². The van der Waals surface area contributed by atoms with Gasteiger partial charge in [0, 0.05) is 25.4 Å². The second-order valence-corrected chi connectivity index (χ2v) is 3.90. The van der Waals surface area contributed by atoms with Gasteiger partial charge in [0.05, 0.1) is 0 Å². The number of carbonyl (C=O) groups is 1. The first-order valence-corrected chi connectivity index (χ1v) is 5.59. The Morgan fingerprint density at radius 3 is 2.94 bits per heavy atom. The third-order valence-electron chi connectivity index (χ3n) is 2.59. The molecule has 88 valence electrons. The molecule has 1 heterocycles. The van der Waals surface area contributed by atoms with Crippen LogP contribution >= 0.6 is 0 Å². The van der Waals surface area contributed by atoms with Crippen LogP contribution in [-0.4, -0.2) is 24.5 Å². The lowest BCUT2D eigenvalue weighted by molar-refractivity contribution is 0.0948. The zero-order valence-corrected chi connectivity index (χ0v) is 10.1. The van der Waals surface area contributed by atoms with Gasteiger partial charge in [-0.05, 0) is 18.1 Å². The molecule has 0 aliphatic heterocycles. The van der Waals surface area contributed by atoms with E-state index in [2.05, 4.69) is 29.5 Å². The monoisotopic (exact) mass is 221 g/mol. The van der Waals surface area contributed by atoms with Crippen LogP contribution in [0, 0.1) is 5.92 Å². The van der Waals surface area contributed by atoms with E-state index in [0.29, 0.717) is 23.8 Å². The van der Waals surface area contributed by atoms with Gasteiger partial charge in [0.25, 0.3) is 5.91 Å². The molecule has 0 spiro atoms. The second-order valence-electron chi connectivity index (χ2n) is 3.90. The molecule has 4 nitrogen and oxygen atoms in total. The molecule has 1 aromatic rings. The highest BCUT2D eigenvalue weighted by Crippen LogP contribution is 2.06. The van der Waals surface area contributed by atoms with Gasteiger partial charge >= 0.3 is 0 Å². The van der Waals surface area contributed by atoms with E-state index in [0.717, 1.165) is 6.42 Å². The molecule has 1 aromatic heterocycles. The Balaban J connectivity index is 2.58. The van der Waals surface area contributed by atoms with Crippen LogP contribution in [0.1, 0.15) is 30.6 Å². The van der Waals surface area contributed by atoms with Crippen molar-refractivity contribution >= 4 is 11.7 Å². The van der Waals surface area contributed by atoms with E-state index in [1.54, 1.807) is 25.4 Å². The van der Waals surface area contributed by atoms with E-state index in [1.165, 1.54) is 0 Å². The minimum atomic E-state index is -0.0424. The van der Waals surface area contributed by atoms with E-state index >= 15 is 0 Å². The number of amides is 1. The number of hydrogen-bond donors (Lipinski definition) is 2. The molecular weight excluding hydrogens is 202 g/mol. The molecule has 0 radical (unpaired) electrons. The van der Waals surface area contributed by atoms with Crippen LogP contribution in [0.5, 0.6) is 0 Å². The van der Waals surface area contributed by atoms with Gasteiger partial charge in [0.15, 0.2) is 0 Å². The number of pyridine rings is 1. The van der Waals surface area contributed by atoms with Crippen molar-refractivity contribution in [2.75, 3.05) is 18.9 Å². The Kier molecular flexibility index (Phi) is 4.76. The van der Waals surface area contributed by atoms with Crippen LogP contribution in [-0.2, 0) is 0 Å². The van der Waals surface area contributed by atoms with E-state index in [9.17, 15) is 4.79 Å². The lowest BCUT2D eigenvalue weighted by atomic mass is 10.1. The van der Waals surface area contributed by atoms with Crippen molar-refractivity contribution in [3.63, 3.8) is 0 Å². The van der Waals surface area contributed by atoms with Crippen LogP contribution in [0.2, 0.25) is 0 Å². The van der Waals surface area contributed by atoms with Crippen molar-refractivity contribution in [3.8, 4) is 0 Å². The number of aromatic nitrogens is 1. The van der Waals surface area contributed by atoms with Gasteiger partial charge in [-0.2, -0.15) is 0 Å². The Bertz CT molecular complexity index is 352. The summed E-state index contributed by atoms with van der Waals surface area (Å²) in [6.07, 6.45) is 2.70. The van der Waals surface area contributed by atoms with E-state index in [1.807, 2.05) is 0 Å². The molecule has 16 heavy (non-hydrogen) atoms. The summed E-state index contributed by atoms with van der Waals surface area (Å²) in [6, 6.07) is 3.46. The quantitative estimate of drug-likeness (QED) is 0.798. The number of nitrogens with one attached hydrogen (secondary N) is 2. The lowest BCUT2D eigenvalue weighted by Gasteiger charge is -2.10. The van der Waals surface area contributed by atoms with Crippen molar-refractivity contribution in [1.82, 2.24) is 10.3 Å². The van der Waals surface area contributed by atoms with Gasteiger partial charge in [-0.15, -0.1) is 0 Å². The number of rotatable bonds is 5. The van der Waals surface area contributed by atoms with E-state index < -0.39 is 0 Å². The van der Waals surface area contributed by atoms with Crippen molar-refractivity contribution in [3.05, 3.63) is 23.9 Å². The van der Waals surface area contributed by atoms with Crippen molar-refractivity contribution in [2.24, 2.45) is 5.92 Å². The van der Waals surface area contributed by atoms with Crippen LogP contribution in [0.3, 0.4) is 0 Å². The highest BCUT2D eigenvalue weighted by atomic mass is 16.1. The van der Waals surface area contributed by atoms with Crippen LogP contribution in [0.4, 0.5) is 5.82 Å². The third-order valence-corrected chi connectivity index (χ3v) is 2.59. The molecule has 1 atom stereocenters. The van der Waals surface area contributed by atoms with Crippen LogP contribution in [0.25, 0.3) is 0 Å². The minimum Gasteiger partial charge on any atom is -0.373 e. The summed E-state index contributed by atoms with van der Waals surface area (Å²) in [5.74, 6) is 1.17. The first kappa shape index (κ1) is 12.5. The summed E-state index contributed by atoms with van der Waals surface area (Å²) >= 11 is 0. The highest BCUT2D eigenvalue weighted by molar-refractivity contribution is 5.94. The second kappa shape index (κ2) is 6.10. The molecule has 0 saturated heterocycles. The zero-order valence-electron chi connectivity index (χ0n) is 10.1. The summed E-state index contributed by atoms with van der Waals surface area (Å²) < 4.78 is 0. The Hall–Kier alpha value is -1.58. The molecule has 1 amide bonds. The molecule has 0 bridgehead atoms. The molecule has 4 heteroatoms. The summed E-state index contributed by atoms with van der Waals surface area (Å²) in [7, 11) is 1.78. The topological polar surface area (TPSA) is 54.0 Å².